The molecule has 0 aromatic carbocycles. The molecule has 2 unspecified atom stereocenters. The summed E-state index contributed by atoms with van der Waals surface area (Å²) in [4.78, 5) is 0. The van der Waals surface area contributed by atoms with Gasteiger partial charge in [0.15, 0.2) is 0 Å². The number of aliphatic hydroxyl groups excluding tert-OH is 1. The summed E-state index contributed by atoms with van der Waals surface area (Å²) >= 11 is 0. The fourth-order valence-corrected chi connectivity index (χ4v) is 3.73. The SMILES string of the molecule is C[C@@H]1OC2(O)OP3(=O)O[C@]2(O)[C@](O)(O3)[C@@H]1O. The molecule has 3 aliphatic heterocycles. The Morgan fingerprint density at radius 3 is 2.38 bits per heavy atom. The first kappa shape index (κ1) is 11.0. The number of phosphoric acid groups is 1. The van der Waals surface area contributed by atoms with Crippen LogP contribution in [0, 0.1) is 0 Å². The van der Waals surface area contributed by atoms with Crippen LogP contribution in [0.5, 0.6) is 0 Å². The van der Waals surface area contributed by atoms with Gasteiger partial charge >= 0.3 is 19.6 Å². The van der Waals surface area contributed by atoms with E-state index in [0.29, 0.717) is 0 Å². The zero-order valence-corrected chi connectivity index (χ0v) is 8.83. The van der Waals surface area contributed by atoms with Crippen molar-refractivity contribution in [1.82, 2.24) is 0 Å². The van der Waals surface area contributed by atoms with E-state index in [9.17, 15) is 25.0 Å². The molecule has 0 aromatic heterocycles. The molecule has 92 valence electrons. The van der Waals surface area contributed by atoms with Gasteiger partial charge < -0.3 is 25.2 Å². The molecule has 3 aliphatic rings. The second-order valence-electron chi connectivity index (χ2n) is 3.91. The highest BCUT2D eigenvalue weighted by Gasteiger charge is 2.89. The maximum absolute atomic E-state index is 11.6. The largest absolute Gasteiger partial charge is 0.485 e. The molecule has 0 radical (unpaired) electrons. The van der Waals surface area contributed by atoms with Gasteiger partial charge in [-0.25, -0.2) is 18.1 Å². The second kappa shape index (κ2) is 2.51. The Hall–Kier alpha value is -0.0900. The van der Waals surface area contributed by atoms with Crippen LogP contribution in [0.2, 0.25) is 0 Å². The number of aliphatic hydroxyl groups is 4. The zero-order chi connectivity index (χ0) is 12.0. The highest BCUT2D eigenvalue weighted by atomic mass is 31.2. The van der Waals surface area contributed by atoms with Crippen molar-refractivity contribution in [3.05, 3.63) is 0 Å². The van der Waals surface area contributed by atoms with Crippen molar-refractivity contribution >= 4 is 7.82 Å². The van der Waals surface area contributed by atoms with Crippen LogP contribution in [-0.4, -0.2) is 50.2 Å². The Morgan fingerprint density at radius 1 is 1.19 bits per heavy atom. The van der Waals surface area contributed by atoms with Crippen LogP contribution < -0.4 is 0 Å². The summed E-state index contributed by atoms with van der Waals surface area (Å²) in [5, 5.41) is 39.1. The molecule has 4 N–H and O–H groups in total. The van der Waals surface area contributed by atoms with E-state index in [4.69, 9.17) is 4.74 Å². The molecular formula is C6H9O9P. The molecule has 3 heterocycles. The molecule has 3 fully saturated rings. The molecule has 6 atom stereocenters. The number of fused-ring (bicyclic) bond motifs is 1. The summed E-state index contributed by atoms with van der Waals surface area (Å²) in [7, 11) is -4.35. The molecular weight excluding hydrogens is 247 g/mol. The third-order valence-electron chi connectivity index (χ3n) is 2.84. The van der Waals surface area contributed by atoms with Crippen LogP contribution in [-0.2, 0) is 22.9 Å². The predicted octanol–water partition coefficient (Wildman–Crippen LogP) is -2.03. The lowest BCUT2D eigenvalue weighted by atomic mass is 9.91. The first-order valence-electron chi connectivity index (χ1n) is 4.41. The average molecular weight is 256 g/mol. The summed E-state index contributed by atoms with van der Waals surface area (Å²) in [6.07, 6.45) is -2.90. The minimum atomic E-state index is -4.35. The Balaban J connectivity index is 2.20. The van der Waals surface area contributed by atoms with E-state index in [-0.39, 0.29) is 0 Å². The van der Waals surface area contributed by atoms with E-state index in [1.165, 1.54) is 6.92 Å². The van der Waals surface area contributed by atoms with Gasteiger partial charge in [-0.3, -0.25) is 0 Å². The fourth-order valence-electron chi connectivity index (χ4n) is 2.00. The summed E-state index contributed by atoms with van der Waals surface area (Å²) in [6.45, 7) is 1.29. The molecule has 2 bridgehead atoms. The van der Waals surface area contributed by atoms with Crippen LogP contribution in [0.1, 0.15) is 6.92 Å². The van der Waals surface area contributed by atoms with Gasteiger partial charge in [-0.1, -0.05) is 0 Å². The quantitative estimate of drug-likeness (QED) is 0.362. The Kier molecular flexibility index (Phi) is 1.73. The first-order chi connectivity index (χ1) is 7.16. The lowest BCUT2D eigenvalue weighted by molar-refractivity contribution is -0.524. The maximum Gasteiger partial charge on any atom is 0.485 e. The molecule has 0 aromatic rings. The van der Waals surface area contributed by atoms with E-state index in [2.05, 4.69) is 13.6 Å². The van der Waals surface area contributed by atoms with Crippen molar-refractivity contribution < 1.29 is 43.3 Å². The number of ether oxygens (including phenoxy) is 1. The van der Waals surface area contributed by atoms with Crippen LogP contribution >= 0.6 is 7.82 Å². The summed E-state index contributed by atoms with van der Waals surface area (Å²) < 4.78 is 29.6. The van der Waals surface area contributed by atoms with Crippen LogP contribution in [0.3, 0.4) is 0 Å². The maximum atomic E-state index is 11.6. The molecule has 0 saturated carbocycles. The topological polar surface area (TPSA) is 135 Å². The van der Waals surface area contributed by atoms with Gasteiger partial charge in [0.05, 0.1) is 6.10 Å². The Morgan fingerprint density at radius 2 is 1.81 bits per heavy atom. The lowest BCUT2D eigenvalue weighted by Gasteiger charge is -2.50. The number of hydrogen-bond donors (Lipinski definition) is 4. The van der Waals surface area contributed by atoms with E-state index >= 15 is 0 Å². The summed E-state index contributed by atoms with van der Waals surface area (Å²) in [5.74, 6) is -8.57. The third kappa shape index (κ3) is 0.894. The monoisotopic (exact) mass is 256 g/mol. The van der Waals surface area contributed by atoms with Gasteiger partial charge in [-0.2, -0.15) is 0 Å². The predicted molar refractivity (Wildman–Crippen MR) is 42.3 cm³/mol. The van der Waals surface area contributed by atoms with Crippen molar-refractivity contribution in [2.45, 2.75) is 36.7 Å². The molecule has 16 heavy (non-hydrogen) atoms. The number of hydrogen-bond acceptors (Lipinski definition) is 9. The van der Waals surface area contributed by atoms with Gasteiger partial charge in [-0.05, 0) is 6.92 Å². The molecule has 3 saturated heterocycles. The first-order valence-corrected chi connectivity index (χ1v) is 5.87. The van der Waals surface area contributed by atoms with E-state index in [0.717, 1.165) is 0 Å². The average Bonchev–Trinajstić information content (AvgIpc) is 2.43. The highest BCUT2D eigenvalue weighted by Crippen LogP contribution is 2.76. The standard InChI is InChI=1S/C6H9O9P/c1-2-3(7)4(8)5(9)6(10,12-2)15-16(11,13-4)14-5/h2-3,7-10H,1H3/t2-,3+,4+,5+,6?,16?/m0/s1. The van der Waals surface area contributed by atoms with Crippen molar-refractivity contribution in [3.8, 4) is 0 Å². The van der Waals surface area contributed by atoms with Crippen LogP contribution in [0.4, 0.5) is 0 Å². The fraction of sp³-hybridized carbons (Fsp3) is 1.00. The molecule has 0 amide bonds. The Labute approximate surface area is 88.7 Å². The Bertz CT molecular complexity index is 413. The van der Waals surface area contributed by atoms with Crippen molar-refractivity contribution in [2.24, 2.45) is 0 Å². The summed E-state index contributed by atoms with van der Waals surface area (Å²) in [5.41, 5.74) is 0. The van der Waals surface area contributed by atoms with Crippen LogP contribution in [0.25, 0.3) is 0 Å². The van der Waals surface area contributed by atoms with E-state index in [1.807, 2.05) is 0 Å². The normalized spacial score (nSPS) is 68.6. The van der Waals surface area contributed by atoms with Gasteiger partial charge in [0.1, 0.15) is 6.10 Å². The minimum absolute atomic E-state index is 1.13. The zero-order valence-electron chi connectivity index (χ0n) is 7.93. The van der Waals surface area contributed by atoms with Gasteiger partial charge in [0, 0.05) is 0 Å². The highest BCUT2D eigenvalue weighted by molar-refractivity contribution is 7.49. The second-order valence-corrected chi connectivity index (χ2v) is 5.35. The number of phosphoric ester groups is 1. The van der Waals surface area contributed by atoms with E-state index in [1.54, 1.807) is 0 Å². The van der Waals surface area contributed by atoms with Gasteiger partial charge in [-0.15, -0.1) is 0 Å². The third-order valence-corrected chi connectivity index (χ3v) is 4.30. The van der Waals surface area contributed by atoms with E-state index < -0.39 is 37.6 Å². The van der Waals surface area contributed by atoms with Crippen LogP contribution in [0.15, 0.2) is 0 Å². The molecule has 3 rings (SSSR count). The van der Waals surface area contributed by atoms with Crippen molar-refractivity contribution in [1.29, 1.82) is 0 Å². The van der Waals surface area contributed by atoms with Crippen molar-refractivity contribution in [2.75, 3.05) is 0 Å². The van der Waals surface area contributed by atoms with Gasteiger partial charge in [0.25, 0.3) is 5.79 Å². The molecule has 9 nitrogen and oxygen atoms in total. The number of rotatable bonds is 0. The lowest BCUT2D eigenvalue weighted by Crippen LogP contribution is -2.77. The smallest absolute Gasteiger partial charge is 0.385 e. The van der Waals surface area contributed by atoms with Crippen molar-refractivity contribution in [3.63, 3.8) is 0 Å². The molecule has 10 heteroatoms. The molecule has 0 spiro atoms. The summed E-state index contributed by atoms with van der Waals surface area (Å²) in [6, 6.07) is 0. The molecule has 0 aliphatic carbocycles. The van der Waals surface area contributed by atoms with Gasteiger partial charge in [0.2, 0.25) is 0 Å². The minimum Gasteiger partial charge on any atom is -0.385 e.